The van der Waals surface area contributed by atoms with Crippen LogP contribution in [-0.2, 0) is 14.3 Å². The number of ether oxygens (including phenoxy) is 1. The second kappa shape index (κ2) is 3.53. The van der Waals surface area contributed by atoms with Gasteiger partial charge in [0.05, 0.1) is 17.9 Å². The van der Waals surface area contributed by atoms with Gasteiger partial charge in [0.15, 0.2) is 0 Å². The topological polar surface area (TPSA) is 106 Å². The van der Waals surface area contributed by atoms with Crippen molar-refractivity contribution in [2.75, 3.05) is 5.43 Å². The van der Waals surface area contributed by atoms with Gasteiger partial charge in [0.25, 0.3) is 0 Å². The van der Waals surface area contributed by atoms with Crippen LogP contribution >= 0.6 is 0 Å². The van der Waals surface area contributed by atoms with Crippen LogP contribution in [0.15, 0.2) is 12.7 Å². The number of nitrogens with one attached hydrogen (secondary N) is 1. The number of hydrogen-bond acceptors (Lipinski definition) is 6. The van der Waals surface area contributed by atoms with E-state index in [-0.39, 0.29) is 23.7 Å². The van der Waals surface area contributed by atoms with Crippen LogP contribution in [0.2, 0.25) is 0 Å². The van der Waals surface area contributed by atoms with Crippen LogP contribution in [-0.4, -0.2) is 44.1 Å². The van der Waals surface area contributed by atoms with Crippen molar-refractivity contribution in [2.24, 2.45) is 23.7 Å². The number of aliphatic hydroxyl groups excluding tert-OH is 1. The molecule has 3 fully saturated rings. The molecule has 3 aliphatic rings. The zero-order valence-corrected chi connectivity index (χ0v) is 9.84. The van der Waals surface area contributed by atoms with Crippen LogP contribution in [0.25, 0.3) is 0 Å². The monoisotopic (exact) mass is 264 g/mol. The number of amides is 1. The molecule has 1 aromatic rings. The number of fused-ring (bicyclic) bond motifs is 1. The van der Waals surface area contributed by atoms with E-state index in [1.54, 1.807) is 0 Å². The predicted octanol–water partition coefficient (Wildman–Crippen LogP) is -1.48. The molecule has 0 aromatic carbocycles. The summed E-state index contributed by atoms with van der Waals surface area (Å²) in [5, 5.41) is 17.2. The first-order valence-electron chi connectivity index (χ1n) is 6.21. The molecule has 4 rings (SSSR count). The normalized spacial score (nSPS) is 42.5. The molecule has 1 saturated heterocycles. The highest BCUT2D eigenvalue weighted by molar-refractivity contribution is 5.92. The number of hydrogen-bond donors (Lipinski definition) is 2. The number of esters is 1. The molecule has 0 spiro atoms. The van der Waals surface area contributed by atoms with Gasteiger partial charge in [0, 0.05) is 11.8 Å². The lowest BCUT2D eigenvalue weighted by Gasteiger charge is -2.27. The first-order chi connectivity index (χ1) is 9.16. The molecule has 2 heterocycles. The predicted molar refractivity (Wildman–Crippen MR) is 58.9 cm³/mol. The molecule has 100 valence electrons. The third kappa shape index (κ3) is 1.31. The van der Waals surface area contributed by atoms with E-state index in [0.29, 0.717) is 6.42 Å². The Labute approximate surface area is 107 Å². The SMILES string of the molecule is O=C(Nn1cnnc1)[C@@H]1[C@H]2C[C@H]3[C@H](OC(=O)[C@@H]31)[C@H]2O. The van der Waals surface area contributed by atoms with E-state index >= 15 is 0 Å². The fraction of sp³-hybridized carbons (Fsp3) is 0.636. The number of nitrogens with zero attached hydrogens (tertiary/aromatic N) is 3. The molecule has 0 radical (unpaired) electrons. The summed E-state index contributed by atoms with van der Waals surface area (Å²) >= 11 is 0. The van der Waals surface area contributed by atoms with Crippen molar-refractivity contribution >= 4 is 11.9 Å². The lowest BCUT2D eigenvalue weighted by atomic mass is 9.78. The Morgan fingerprint density at radius 3 is 2.89 bits per heavy atom. The van der Waals surface area contributed by atoms with Crippen LogP contribution in [0.4, 0.5) is 0 Å². The molecule has 0 unspecified atom stereocenters. The van der Waals surface area contributed by atoms with Crippen LogP contribution in [0.5, 0.6) is 0 Å². The summed E-state index contributed by atoms with van der Waals surface area (Å²) in [6.45, 7) is 0. The summed E-state index contributed by atoms with van der Waals surface area (Å²) in [5.74, 6) is -1.85. The third-order valence-electron chi connectivity index (χ3n) is 4.54. The minimum absolute atomic E-state index is 0.0239. The number of aromatic nitrogens is 3. The number of carbonyl (C=O) groups excluding carboxylic acids is 2. The highest BCUT2D eigenvalue weighted by atomic mass is 16.6. The Morgan fingerprint density at radius 2 is 2.16 bits per heavy atom. The van der Waals surface area contributed by atoms with Gasteiger partial charge in [0.2, 0.25) is 5.91 Å². The largest absolute Gasteiger partial charge is 0.459 e. The van der Waals surface area contributed by atoms with E-state index < -0.39 is 24.0 Å². The summed E-state index contributed by atoms with van der Waals surface area (Å²) in [6.07, 6.45) is 2.24. The van der Waals surface area contributed by atoms with E-state index in [2.05, 4.69) is 15.6 Å². The quantitative estimate of drug-likeness (QED) is 0.631. The van der Waals surface area contributed by atoms with Gasteiger partial charge in [-0.1, -0.05) is 0 Å². The second-order valence-electron chi connectivity index (χ2n) is 5.35. The van der Waals surface area contributed by atoms with Crippen molar-refractivity contribution in [1.29, 1.82) is 0 Å². The molecule has 8 nitrogen and oxygen atoms in total. The summed E-state index contributed by atoms with van der Waals surface area (Å²) in [5.41, 5.74) is 2.61. The van der Waals surface area contributed by atoms with Crippen molar-refractivity contribution in [1.82, 2.24) is 14.9 Å². The Hall–Kier alpha value is -1.96. The first-order valence-corrected chi connectivity index (χ1v) is 6.21. The van der Waals surface area contributed by atoms with Crippen LogP contribution in [0, 0.1) is 23.7 Å². The summed E-state index contributed by atoms with van der Waals surface area (Å²) < 4.78 is 6.50. The fourth-order valence-electron chi connectivity index (χ4n) is 3.84. The average Bonchev–Trinajstić information content (AvgIpc) is 3.07. The Balaban J connectivity index is 1.61. The molecule has 2 N–H and O–H groups in total. The van der Waals surface area contributed by atoms with Gasteiger partial charge in [0.1, 0.15) is 18.8 Å². The maximum absolute atomic E-state index is 12.3. The van der Waals surface area contributed by atoms with Gasteiger partial charge >= 0.3 is 5.97 Å². The highest BCUT2D eigenvalue weighted by Crippen LogP contribution is 2.57. The number of aliphatic hydroxyl groups is 1. The van der Waals surface area contributed by atoms with Crippen molar-refractivity contribution in [3.63, 3.8) is 0 Å². The van der Waals surface area contributed by atoms with Crippen LogP contribution < -0.4 is 5.43 Å². The van der Waals surface area contributed by atoms with E-state index in [0.717, 1.165) is 0 Å². The maximum Gasteiger partial charge on any atom is 0.310 e. The lowest BCUT2D eigenvalue weighted by Crippen LogP contribution is -2.44. The van der Waals surface area contributed by atoms with Gasteiger partial charge in [-0.15, -0.1) is 10.2 Å². The van der Waals surface area contributed by atoms with Gasteiger partial charge in [-0.05, 0) is 6.42 Å². The van der Waals surface area contributed by atoms with E-state index in [1.165, 1.54) is 17.3 Å². The molecule has 1 amide bonds. The zero-order chi connectivity index (χ0) is 13.1. The van der Waals surface area contributed by atoms with E-state index in [4.69, 9.17) is 4.74 Å². The van der Waals surface area contributed by atoms with Gasteiger partial charge in [-0.3, -0.25) is 15.0 Å². The summed E-state index contributed by atoms with van der Waals surface area (Å²) in [7, 11) is 0. The highest BCUT2D eigenvalue weighted by Gasteiger charge is 2.68. The van der Waals surface area contributed by atoms with E-state index in [9.17, 15) is 14.7 Å². The number of carbonyl (C=O) groups is 2. The van der Waals surface area contributed by atoms with Crippen molar-refractivity contribution < 1.29 is 19.4 Å². The van der Waals surface area contributed by atoms with Gasteiger partial charge in [-0.2, -0.15) is 0 Å². The average molecular weight is 264 g/mol. The van der Waals surface area contributed by atoms with Crippen molar-refractivity contribution in [3.05, 3.63) is 12.7 Å². The molecular weight excluding hydrogens is 252 g/mol. The van der Waals surface area contributed by atoms with Crippen molar-refractivity contribution in [2.45, 2.75) is 18.6 Å². The maximum atomic E-state index is 12.3. The lowest BCUT2D eigenvalue weighted by molar-refractivity contribution is -0.146. The van der Waals surface area contributed by atoms with Crippen LogP contribution in [0.1, 0.15) is 6.42 Å². The minimum Gasteiger partial charge on any atom is -0.459 e. The molecule has 8 heteroatoms. The first kappa shape index (κ1) is 10.9. The van der Waals surface area contributed by atoms with Gasteiger partial charge in [-0.25, -0.2) is 4.68 Å². The molecule has 1 aliphatic heterocycles. The Morgan fingerprint density at radius 1 is 1.42 bits per heavy atom. The summed E-state index contributed by atoms with van der Waals surface area (Å²) in [6, 6.07) is 0. The molecule has 2 bridgehead atoms. The zero-order valence-electron chi connectivity index (χ0n) is 9.84. The molecule has 2 aliphatic carbocycles. The van der Waals surface area contributed by atoms with Gasteiger partial charge < -0.3 is 9.84 Å². The van der Waals surface area contributed by atoms with E-state index in [1.807, 2.05) is 0 Å². The summed E-state index contributed by atoms with van der Waals surface area (Å²) in [4.78, 5) is 24.1. The second-order valence-corrected chi connectivity index (χ2v) is 5.35. The minimum atomic E-state index is -0.732. The molecule has 6 atom stereocenters. The fourth-order valence-corrected chi connectivity index (χ4v) is 3.84. The molecule has 2 saturated carbocycles. The van der Waals surface area contributed by atoms with Crippen LogP contribution in [0.3, 0.4) is 0 Å². The molecule has 1 aromatic heterocycles. The molecular formula is C11H12N4O4. The Kier molecular flexibility index (Phi) is 2.03. The third-order valence-corrected chi connectivity index (χ3v) is 4.54. The Bertz CT molecular complexity index is 545. The smallest absolute Gasteiger partial charge is 0.310 e. The number of rotatable bonds is 2. The standard InChI is InChI=1S/C11H12N4O4/c16-8-4-1-5-7(11(18)19-9(5)8)6(4)10(17)14-15-2-12-13-3-15/h2-9,16H,1H2,(H,14,17)/t4-,5-,6-,7+,8+,9+/m1/s1. The molecule has 19 heavy (non-hydrogen) atoms. The van der Waals surface area contributed by atoms with Crippen molar-refractivity contribution in [3.8, 4) is 0 Å².